The van der Waals surface area contributed by atoms with Gasteiger partial charge in [-0.25, -0.2) is 13.4 Å². The van der Waals surface area contributed by atoms with E-state index in [-0.39, 0.29) is 4.90 Å². The van der Waals surface area contributed by atoms with E-state index < -0.39 is 10.0 Å². The Kier molecular flexibility index (Phi) is 3.73. The van der Waals surface area contributed by atoms with Crippen LogP contribution in [0.25, 0.3) is 5.65 Å². The molecule has 0 spiro atoms. The minimum atomic E-state index is -3.72. The number of nitrogens with zero attached hydrogens (tertiary/aromatic N) is 2. The second-order valence-corrected chi connectivity index (χ2v) is 6.92. The van der Waals surface area contributed by atoms with E-state index in [1.54, 1.807) is 55.1 Å². The van der Waals surface area contributed by atoms with Gasteiger partial charge in [-0.05, 0) is 49.2 Å². The Labute approximate surface area is 134 Å². The largest absolute Gasteiger partial charge is 0.496 e. The highest BCUT2D eigenvalue weighted by atomic mass is 32.2. The lowest BCUT2D eigenvalue weighted by molar-refractivity contribution is 0.411. The van der Waals surface area contributed by atoms with E-state index in [1.807, 2.05) is 13.1 Å². The average Bonchev–Trinajstić information content (AvgIpc) is 2.98. The third kappa shape index (κ3) is 2.75. The summed E-state index contributed by atoms with van der Waals surface area (Å²) in [7, 11) is -2.16. The van der Waals surface area contributed by atoms with Crippen LogP contribution in [0.4, 0.5) is 5.69 Å². The molecule has 0 amide bonds. The van der Waals surface area contributed by atoms with E-state index in [1.165, 1.54) is 0 Å². The van der Waals surface area contributed by atoms with Gasteiger partial charge < -0.3 is 9.14 Å². The Balaban J connectivity index is 2.06. The van der Waals surface area contributed by atoms with Gasteiger partial charge in [0.15, 0.2) is 5.65 Å². The first-order valence-electron chi connectivity index (χ1n) is 7.02. The lowest BCUT2D eigenvalue weighted by Gasteiger charge is -2.13. The van der Waals surface area contributed by atoms with Crippen molar-refractivity contribution in [1.29, 1.82) is 0 Å². The molecule has 0 unspecified atom stereocenters. The molecule has 3 rings (SSSR count). The van der Waals surface area contributed by atoms with Gasteiger partial charge in [0.05, 0.1) is 17.7 Å². The van der Waals surface area contributed by atoms with Gasteiger partial charge in [-0.2, -0.15) is 0 Å². The van der Waals surface area contributed by atoms with E-state index >= 15 is 0 Å². The van der Waals surface area contributed by atoms with Gasteiger partial charge in [-0.3, -0.25) is 4.72 Å². The predicted molar refractivity (Wildman–Crippen MR) is 88.5 cm³/mol. The summed E-state index contributed by atoms with van der Waals surface area (Å²) < 4.78 is 35.1. The number of benzene rings is 1. The van der Waals surface area contributed by atoms with E-state index in [9.17, 15) is 8.42 Å². The second-order valence-electron chi connectivity index (χ2n) is 5.27. The minimum Gasteiger partial charge on any atom is -0.496 e. The smallest absolute Gasteiger partial charge is 0.262 e. The summed E-state index contributed by atoms with van der Waals surface area (Å²) in [5.41, 5.74) is 2.37. The quantitative estimate of drug-likeness (QED) is 0.798. The van der Waals surface area contributed by atoms with Gasteiger partial charge in [0.2, 0.25) is 0 Å². The standard InChI is InChI=1S/C16H17N3O3S/c1-11-10-15(12(2)9-14(11)22-3)23(20,21)18-13-5-4-7-19-8-6-17-16(13)19/h4-10,18H,1-3H3. The molecule has 0 aliphatic rings. The fourth-order valence-corrected chi connectivity index (χ4v) is 3.87. The maximum Gasteiger partial charge on any atom is 0.262 e. The Morgan fingerprint density at radius 3 is 2.70 bits per heavy atom. The van der Waals surface area contributed by atoms with E-state index in [2.05, 4.69) is 9.71 Å². The monoisotopic (exact) mass is 331 g/mol. The van der Waals surface area contributed by atoms with E-state index in [0.29, 0.717) is 22.6 Å². The van der Waals surface area contributed by atoms with Gasteiger partial charge in [0.25, 0.3) is 10.0 Å². The molecule has 0 atom stereocenters. The first-order valence-corrected chi connectivity index (χ1v) is 8.50. The third-order valence-corrected chi connectivity index (χ3v) is 5.15. The van der Waals surface area contributed by atoms with E-state index in [4.69, 9.17) is 4.74 Å². The van der Waals surface area contributed by atoms with Crippen LogP contribution in [0.5, 0.6) is 5.75 Å². The molecule has 0 aliphatic heterocycles. The van der Waals surface area contributed by atoms with Crippen molar-refractivity contribution in [1.82, 2.24) is 9.38 Å². The Morgan fingerprint density at radius 1 is 1.17 bits per heavy atom. The summed E-state index contributed by atoms with van der Waals surface area (Å²) in [6.07, 6.45) is 5.19. The second kappa shape index (κ2) is 5.58. The summed E-state index contributed by atoms with van der Waals surface area (Å²) in [5, 5.41) is 0. The van der Waals surface area contributed by atoms with Crippen LogP contribution in [-0.4, -0.2) is 24.9 Å². The molecule has 7 heteroatoms. The number of methoxy groups -OCH3 is 1. The van der Waals surface area contributed by atoms with Crippen LogP contribution in [0.3, 0.4) is 0 Å². The molecule has 0 saturated carbocycles. The number of hydrogen-bond donors (Lipinski definition) is 1. The molecule has 1 aromatic carbocycles. The predicted octanol–water partition coefficient (Wildman–Crippen LogP) is 2.76. The van der Waals surface area contributed by atoms with Gasteiger partial charge in [-0.15, -0.1) is 0 Å². The summed E-state index contributed by atoms with van der Waals surface area (Å²) in [6, 6.07) is 6.78. The molecule has 0 radical (unpaired) electrons. The first kappa shape index (κ1) is 15.4. The van der Waals surface area contributed by atoms with Crippen LogP contribution in [0, 0.1) is 13.8 Å². The number of fused-ring (bicyclic) bond motifs is 1. The van der Waals surface area contributed by atoms with Crippen LogP contribution in [0.1, 0.15) is 11.1 Å². The lowest BCUT2D eigenvalue weighted by Crippen LogP contribution is -2.15. The number of hydrogen-bond acceptors (Lipinski definition) is 4. The molecule has 0 aliphatic carbocycles. The molecule has 0 saturated heterocycles. The number of ether oxygens (including phenoxy) is 1. The molecule has 1 N–H and O–H groups in total. The Hall–Kier alpha value is -2.54. The van der Waals surface area contributed by atoms with Crippen LogP contribution in [0.2, 0.25) is 0 Å². The van der Waals surface area contributed by atoms with Gasteiger partial charge >= 0.3 is 0 Å². The summed E-state index contributed by atoms with van der Waals surface area (Å²) >= 11 is 0. The van der Waals surface area contributed by atoms with Gasteiger partial charge in [-0.1, -0.05) is 0 Å². The van der Waals surface area contributed by atoms with Crippen LogP contribution in [0.15, 0.2) is 47.8 Å². The molecule has 2 heterocycles. The molecule has 120 valence electrons. The number of aryl methyl sites for hydroxylation is 2. The van der Waals surface area contributed by atoms with Crippen LogP contribution < -0.4 is 9.46 Å². The van der Waals surface area contributed by atoms with Crippen molar-refractivity contribution < 1.29 is 13.2 Å². The lowest BCUT2D eigenvalue weighted by atomic mass is 10.1. The number of sulfonamides is 1. The molecule has 23 heavy (non-hydrogen) atoms. The highest BCUT2D eigenvalue weighted by molar-refractivity contribution is 7.92. The zero-order valence-corrected chi connectivity index (χ0v) is 13.9. The van der Waals surface area contributed by atoms with Crippen molar-refractivity contribution >= 4 is 21.4 Å². The van der Waals surface area contributed by atoms with Crippen molar-refractivity contribution in [3.63, 3.8) is 0 Å². The molecule has 0 fully saturated rings. The van der Waals surface area contributed by atoms with Gasteiger partial charge in [0, 0.05) is 18.6 Å². The molecular weight excluding hydrogens is 314 g/mol. The number of anilines is 1. The number of rotatable bonds is 4. The Morgan fingerprint density at radius 2 is 1.96 bits per heavy atom. The first-order chi connectivity index (χ1) is 10.9. The molecule has 2 aromatic heterocycles. The normalized spacial score (nSPS) is 11.6. The maximum atomic E-state index is 12.8. The van der Waals surface area contributed by atoms with Crippen molar-refractivity contribution in [2.24, 2.45) is 0 Å². The van der Waals surface area contributed by atoms with Crippen molar-refractivity contribution in [2.45, 2.75) is 18.7 Å². The number of nitrogens with one attached hydrogen (secondary N) is 1. The van der Waals surface area contributed by atoms with E-state index in [0.717, 1.165) is 5.56 Å². The van der Waals surface area contributed by atoms with Gasteiger partial charge in [0.1, 0.15) is 5.75 Å². The SMILES string of the molecule is COc1cc(C)c(S(=O)(=O)Nc2cccn3ccnc23)cc1C. The fraction of sp³-hybridized carbons (Fsp3) is 0.188. The highest BCUT2D eigenvalue weighted by Gasteiger charge is 2.20. The number of pyridine rings is 1. The number of aromatic nitrogens is 2. The summed E-state index contributed by atoms with van der Waals surface area (Å²) in [6.45, 7) is 3.55. The highest BCUT2D eigenvalue weighted by Crippen LogP contribution is 2.27. The zero-order chi connectivity index (χ0) is 16.6. The molecule has 3 aromatic rings. The van der Waals surface area contributed by atoms with Crippen molar-refractivity contribution in [2.75, 3.05) is 11.8 Å². The average molecular weight is 331 g/mol. The summed E-state index contributed by atoms with van der Waals surface area (Å²) in [5.74, 6) is 0.664. The molecular formula is C16H17N3O3S. The summed E-state index contributed by atoms with van der Waals surface area (Å²) in [4.78, 5) is 4.41. The maximum absolute atomic E-state index is 12.8. The molecule has 6 nitrogen and oxygen atoms in total. The van der Waals surface area contributed by atoms with Crippen LogP contribution >= 0.6 is 0 Å². The minimum absolute atomic E-state index is 0.226. The fourth-order valence-electron chi connectivity index (χ4n) is 2.50. The topological polar surface area (TPSA) is 72.7 Å². The zero-order valence-electron chi connectivity index (χ0n) is 13.1. The molecule has 0 bridgehead atoms. The van der Waals surface area contributed by atoms with Crippen molar-refractivity contribution in [3.05, 3.63) is 54.0 Å². The van der Waals surface area contributed by atoms with Crippen molar-refractivity contribution in [3.8, 4) is 5.75 Å². The third-order valence-electron chi connectivity index (χ3n) is 3.65. The number of imidazole rings is 1. The Bertz CT molecular complexity index is 977. The van der Waals surface area contributed by atoms with Crippen LogP contribution in [-0.2, 0) is 10.0 Å².